The minimum absolute atomic E-state index is 0.111. The summed E-state index contributed by atoms with van der Waals surface area (Å²) >= 11 is 1.80. The molecule has 1 unspecified atom stereocenters. The van der Waals surface area contributed by atoms with Crippen LogP contribution in [0.2, 0.25) is 0 Å². The first-order valence-corrected chi connectivity index (χ1v) is 6.71. The van der Waals surface area contributed by atoms with Crippen LogP contribution in [0, 0.1) is 0 Å². The van der Waals surface area contributed by atoms with Crippen LogP contribution in [-0.2, 0) is 4.74 Å². The Morgan fingerprint density at radius 3 is 3.00 bits per heavy atom. The molecule has 16 heavy (non-hydrogen) atoms. The maximum absolute atomic E-state index is 8.53. The largest absolute Gasteiger partial charge is 0.394 e. The van der Waals surface area contributed by atoms with Crippen LogP contribution in [-0.4, -0.2) is 31.5 Å². The molecular formula is C12H21NO2S. The molecule has 0 spiro atoms. The maximum atomic E-state index is 8.53. The van der Waals surface area contributed by atoms with E-state index in [0.29, 0.717) is 19.3 Å². The number of thiophene rings is 1. The lowest BCUT2D eigenvalue weighted by Crippen LogP contribution is -2.22. The number of hydrogen-bond donors (Lipinski definition) is 2. The lowest BCUT2D eigenvalue weighted by atomic mass is 10.2. The molecule has 0 aliphatic heterocycles. The lowest BCUT2D eigenvalue weighted by Gasteiger charge is -2.15. The first-order valence-electron chi connectivity index (χ1n) is 5.84. The van der Waals surface area contributed by atoms with E-state index in [1.54, 1.807) is 11.3 Å². The van der Waals surface area contributed by atoms with Gasteiger partial charge in [-0.25, -0.2) is 0 Å². The second-order valence-corrected chi connectivity index (χ2v) is 4.60. The highest BCUT2D eigenvalue weighted by atomic mass is 32.1. The molecule has 3 nitrogen and oxygen atoms in total. The van der Waals surface area contributed by atoms with Crippen LogP contribution in [0.4, 0.5) is 0 Å². The van der Waals surface area contributed by atoms with E-state index in [2.05, 4.69) is 29.8 Å². The molecule has 0 aliphatic carbocycles. The fraction of sp³-hybridized carbons (Fsp3) is 0.667. The molecule has 0 bridgehead atoms. The van der Waals surface area contributed by atoms with Gasteiger partial charge in [-0.15, -0.1) is 11.3 Å². The molecule has 0 fully saturated rings. The number of aliphatic hydroxyl groups is 1. The minimum atomic E-state index is 0.111. The summed E-state index contributed by atoms with van der Waals surface area (Å²) in [6.45, 7) is 4.43. The van der Waals surface area contributed by atoms with Crippen LogP contribution in [0.5, 0.6) is 0 Å². The highest BCUT2D eigenvalue weighted by Crippen LogP contribution is 2.21. The minimum Gasteiger partial charge on any atom is -0.394 e. The van der Waals surface area contributed by atoms with Gasteiger partial charge in [0.15, 0.2) is 0 Å². The first-order chi connectivity index (χ1) is 7.88. The van der Waals surface area contributed by atoms with Gasteiger partial charge in [0.2, 0.25) is 0 Å². The molecule has 2 N–H and O–H groups in total. The normalized spacial score (nSPS) is 12.9. The van der Waals surface area contributed by atoms with Crippen molar-refractivity contribution in [3.05, 3.63) is 22.4 Å². The summed E-state index contributed by atoms with van der Waals surface area (Å²) in [6.07, 6.45) is 2.10. The van der Waals surface area contributed by atoms with E-state index < -0.39 is 0 Å². The Hall–Kier alpha value is -0.420. The summed E-state index contributed by atoms with van der Waals surface area (Å²) in [5.74, 6) is 0. The lowest BCUT2D eigenvalue weighted by molar-refractivity contribution is 0.0904. The average molecular weight is 243 g/mol. The van der Waals surface area contributed by atoms with Gasteiger partial charge in [-0.3, -0.25) is 0 Å². The highest BCUT2D eigenvalue weighted by molar-refractivity contribution is 7.10. The van der Waals surface area contributed by atoms with Crippen molar-refractivity contribution in [1.29, 1.82) is 0 Å². The summed E-state index contributed by atoms with van der Waals surface area (Å²) in [4.78, 5) is 1.40. The van der Waals surface area contributed by atoms with Gasteiger partial charge in [-0.05, 0) is 30.8 Å². The van der Waals surface area contributed by atoms with E-state index in [-0.39, 0.29) is 6.61 Å². The smallest absolute Gasteiger partial charge is 0.0697 e. The Kier molecular flexibility index (Phi) is 7.42. The number of ether oxygens (including phenoxy) is 1. The van der Waals surface area contributed by atoms with Crippen LogP contribution in [0.3, 0.4) is 0 Å². The molecular weight excluding hydrogens is 222 g/mol. The fourth-order valence-electron chi connectivity index (χ4n) is 1.55. The Labute approximate surface area is 101 Å². The third kappa shape index (κ3) is 5.07. The summed E-state index contributed by atoms with van der Waals surface area (Å²) < 4.78 is 5.20. The predicted molar refractivity (Wildman–Crippen MR) is 67.9 cm³/mol. The third-order valence-electron chi connectivity index (χ3n) is 2.39. The third-order valence-corrected chi connectivity index (χ3v) is 3.37. The van der Waals surface area contributed by atoms with E-state index in [1.807, 2.05) is 0 Å². The zero-order chi connectivity index (χ0) is 11.6. The molecule has 92 valence electrons. The van der Waals surface area contributed by atoms with Crippen molar-refractivity contribution in [2.24, 2.45) is 0 Å². The zero-order valence-electron chi connectivity index (χ0n) is 9.82. The molecule has 0 aromatic carbocycles. The molecule has 1 heterocycles. The van der Waals surface area contributed by atoms with Gasteiger partial charge in [0, 0.05) is 17.5 Å². The molecule has 0 radical (unpaired) electrons. The van der Waals surface area contributed by atoms with E-state index in [1.165, 1.54) is 4.88 Å². The Bertz CT molecular complexity index is 252. The van der Waals surface area contributed by atoms with Gasteiger partial charge in [0.25, 0.3) is 0 Å². The van der Waals surface area contributed by atoms with E-state index in [0.717, 1.165) is 19.4 Å². The number of hydrogen-bond acceptors (Lipinski definition) is 4. The van der Waals surface area contributed by atoms with Crippen molar-refractivity contribution in [2.75, 3.05) is 26.4 Å². The quantitative estimate of drug-likeness (QED) is 0.653. The van der Waals surface area contributed by atoms with Gasteiger partial charge >= 0.3 is 0 Å². The van der Waals surface area contributed by atoms with Crippen LogP contribution < -0.4 is 5.32 Å². The van der Waals surface area contributed by atoms with E-state index >= 15 is 0 Å². The molecule has 1 rings (SSSR count). The summed E-state index contributed by atoms with van der Waals surface area (Å²) in [6, 6.07) is 4.74. The molecule has 0 amide bonds. The van der Waals surface area contributed by atoms with Gasteiger partial charge < -0.3 is 15.2 Å². The Balaban J connectivity index is 2.11. The topological polar surface area (TPSA) is 41.5 Å². The summed E-state index contributed by atoms with van der Waals surface area (Å²) in [5, 5.41) is 14.2. The van der Waals surface area contributed by atoms with E-state index in [4.69, 9.17) is 9.84 Å². The fourth-order valence-corrected chi connectivity index (χ4v) is 2.44. The standard InChI is InChI=1S/C12H21NO2S/c1-2-11(12-5-3-10-16-12)13-6-4-8-15-9-7-14/h3,5,10-11,13-14H,2,4,6-9H2,1H3. The van der Waals surface area contributed by atoms with Gasteiger partial charge in [0.05, 0.1) is 13.2 Å². The molecule has 4 heteroatoms. The van der Waals surface area contributed by atoms with Crippen molar-refractivity contribution in [3.63, 3.8) is 0 Å². The monoisotopic (exact) mass is 243 g/mol. The second-order valence-electron chi connectivity index (χ2n) is 3.62. The number of rotatable bonds is 9. The highest BCUT2D eigenvalue weighted by Gasteiger charge is 2.08. The maximum Gasteiger partial charge on any atom is 0.0697 e. The summed E-state index contributed by atoms with van der Waals surface area (Å²) in [5.41, 5.74) is 0. The zero-order valence-corrected chi connectivity index (χ0v) is 10.6. The van der Waals surface area contributed by atoms with Crippen LogP contribution in [0.1, 0.15) is 30.7 Å². The SMILES string of the molecule is CCC(NCCCOCCO)c1cccs1. The van der Waals surface area contributed by atoms with E-state index in [9.17, 15) is 0 Å². The first kappa shape index (κ1) is 13.6. The molecule has 0 aliphatic rings. The molecule has 1 aromatic rings. The Morgan fingerprint density at radius 2 is 2.38 bits per heavy atom. The summed E-state index contributed by atoms with van der Waals surface area (Å²) in [7, 11) is 0. The Morgan fingerprint density at radius 1 is 1.50 bits per heavy atom. The number of nitrogens with one attached hydrogen (secondary N) is 1. The molecule has 0 saturated heterocycles. The van der Waals surface area contributed by atoms with Gasteiger partial charge in [-0.2, -0.15) is 0 Å². The van der Waals surface area contributed by atoms with Crippen LogP contribution in [0.25, 0.3) is 0 Å². The van der Waals surface area contributed by atoms with Crippen molar-refractivity contribution in [1.82, 2.24) is 5.32 Å². The molecule has 1 aromatic heterocycles. The van der Waals surface area contributed by atoms with Crippen LogP contribution >= 0.6 is 11.3 Å². The van der Waals surface area contributed by atoms with Crippen molar-refractivity contribution < 1.29 is 9.84 Å². The molecule has 0 saturated carbocycles. The van der Waals surface area contributed by atoms with Crippen molar-refractivity contribution in [2.45, 2.75) is 25.8 Å². The van der Waals surface area contributed by atoms with Crippen molar-refractivity contribution in [3.8, 4) is 0 Å². The average Bonchev–Trinajstić information content (AvgIpc) is 2.82. The second kappa shape index (κ2) is 8.70. The predicted octanol–water partition coefficient (Wildman–Crippen LogP) is 2.19. The van der Waals surface area contributed by atoms with Gasteiger partial charge in [-0.1, -0.05) is 13.0 Å². The van der Waals surface area contributed by atoms with Crippen molar-refractivity contribution >= 4 is 11.3 Å². The van der Waals surface area contributed by atoms with Gasteiger partial charge in [0.1, 0.15) is 0 Å². The van der Waals surface area contributed by atoms with Crippen LogP contribution in [0.15, 0.2) is 17.5 Å². The number of aliphatic hydroxyl groups excluding tert-OH is 1. The molecule has 1 atom stereocenters.